The molecule has 0 amide bonds. The molecule has 0 aliphatic heterocycles. The Balaban J connectivity index is 1.97. The number of hydrogen-bond donors (Lipinski definition) is 0. The van der Waals surface area contributed by atoms with E-state index in [4.69, 9.17) is 10.00 Å². The van der Waals surface area contributed by atoms with Crippen molar-refractivity contribution in [1.82, 2.24) is 4.90 Å². The molecular weight excluding hydrogens is 260 g/mol. The maximum Gasteiger partial charge on any atom is 0.136 e. The van der Waals surface area contributed by atoms with Gasteiger partial charge in [-0.1, -0.05) is 19.4 Å². The SMILES string of the molecule is CCC1CCC(N(C)Cc2ccc(OC)c(C#N)c2)CC1. The monoisotopic (exact) mass is 286 g/mol. The summed E-state index contributed by atoms with van der Waals surface area (Å²) >= 11 is 0. The van der Waals surface area contributed by atoms with Crippen LogP contribution in [0.5, 0.6) is 5.75 Å². The molecule has 3 nitrogen and oxygen atoms in total. The topological polar surface area (TPSA) is 36.3 Å². The normalized spacial score (nSPS) is 22.0. The number of nitrogens with zero attached hydrogens (tertiary/aromatic N) is 2. The number of nitriles is 1. The Labute approximate surface area is 128 Å². The lowest BCUT2D eigenvalue weighted by molar-refractivity contribution is 0.157. The third-order valence-electron chi connectivity index (χ3n) is 4.83. The van der Waals surface area contributed by atoms with E-state index in [0.29, 0.717) is 17.4 Å². The highest BCUT2D eigenvalue weighted by molar-refractivity contribution is 5.45. The number of hydrogen-bond acceptors (Lipinski definition) is 3. The second-order valence-corrected chi connectivity index (χ2v) is 6.14. The maximum absolute atomic E-state index is 9.17. The molecule has 1 aliphatic carbocycles. The first-order valence-corrected chi connectivity index (χ1v) is 7.95. The standard InChI is InChI=1S/C18H26N2O/c1-4-14-5-8-17(9-6-14)20(2)13-15-7-10-18(21-3)16(11-15)12-19/h7,10-11,14,17H,4-6,8-9,13H2,1-3H3. The fourth-order valence-electron chi connectivity index (χ4n) is 3.35. The Morgan fingerprint density at radius 1 is 1.29 bits per heavy atom. The minimum absolute atomic E-state index is 0.623. The molecule has 2 rings (SSSR count). The molecule has 0 unspecified atom stereocenters. The van der Waals surface area contributed by atoms with Crippen molar-refractivity contribution in [2.45, 2.75) is 51.6 Å². The molecule has 114 valence electrons. The molecule has 3 heteroatoms. The van der Waals surface area contributed by atoms with Crippen molar-refractivity contribution >= 4 is 0 Å². The predicted molar refractivity (Wildman–Crippen MR) is 85.2 cm³/mol. The van der Waals surface area contributed by atoms with Crippen LogP contribution < -0.4 is 4.74 Å². The summed E-state index contributed by atoms with van der Waals surface area (Å²) in [6.45, 7) is 3.20. The van der Waals surface area contributed by atoms with Gasteiger partial charge >= 0.3 is 0 Å². The summed E-state index contributed by atoms with van der Waals surface area (Å²) in [6, 6.07) is 8.80. The van der Waals surface area contributed by atoms with Gasteiger partial charge in [0.1, 0.15) is 11.8 Å². The predicted octanol–water partition coefficient (Wildman–Crippen LogP) is 3.97. The number of ether oxygens (including phenoxy) is 1. The van der Waals surface area contributed by atoms with Gasteiger partial charge in [0.25, 0.3) is 0 Å². The van der Waals surface area contributed by atoms with Crippen molar-refractivity contribution in [1.29, 1.82) is 5.26 Å². The quantitative estimate of drug-likeness (QED) is 0.821. The summed E-state index contributed by atoms with van der Waals surface area (Å²) in [4.78, 5) is 2.44. The lowest BCUT2D eigenvalue weighted by Gasteiger charge is -2.34. The Hall–Kier alpha value is -1.53. The van der Waals surface area contributed by atoms with Gasteiger partial charge in [0.05, 0.1) is 12.7 Å². The average Bonchev–Trinajstić information content (AvgIpc) is 2.54. The number of methoxy groups -OCH3 is 1. The summed E-state index contributed by atoms with van der Waals surface area (Å²) in [6.07, 6.45) is 6.64. The van der Waals surface area contributed by atoms with Crippen LogP contribution in [-0.2, 0) is 6.54 Å². The van der Waals surface area contributed by atoms with Gasteiger partial charge in [0.15, 0.2) is 0 Å². The second-order valence-electron chi connectivity index (χ2n) is 6.14. The first kappa shape index (κ1) is 15.9. The van der Waals surface area contributed by atoms with E-state index in [1.165, 1.54) is 37.7 Å². The summed E-state index contributed by atoms with van der Waals surface area (Å²) in [5, 5.41) is 9.17. The van der Waals surface area contributed by atoms with Crippen LogP contribution in [0, 0.1) is 17.2 Å². The Morgan fingerprint density at radius 3 is 2.57 bits per heavy atom. The lowest BCUT2D eigenvalue weighted by atomic mass is 9.84. The molecule has 1 aromatic carbocycles. The maximum atomic E-state index is 9.17. The van der Waals surface area contributed by atoms with E-state index in [1.807, 2.05) is 12.1 Å². The zero-order valence-corrected chi connectivity index (χ0v) is 13.4. The molecule has 0 heterocycles. The molecule has 0 atom stereocenters. The van der Waals surface area contributed by atoms with Gasteiger partial charge in [-0.2, -0.15) is 5.26 Å². The van der Waals surface area contributed by atoms with Crippen molar-refractivity contribution in [3.8, 4) is 11.8 Å². The zero-order chi connectivity index (χ0) is 15.2. The highest BCUT2D eigenvalue weighted by Gasteiger charge is 2.23. The molecule has 0 bridgehead atoms. The van der Waals surface area contributed by atoms with Crippen LogP contribution in [0.4, 0.5) is 0 Å². The Bertz CT molecular complexity index is 498. The zero-order valence-electron chi connectivity index (χ0n) is 13.4. The van der Waals surface area contributed by atoms with E-state index >= 15 is 0 Å². The van der Waals surface area contributed by atoms with E-state index in [-0.39, 0.29) is 0 Å². The van der Waals surface area contributed by atoms with Gasteiger partial charge in [-0.15, -0.1) is 0 Å². The van der Waals surface area contributed by atoms with Gasteiger partial charge in [0, 0.05) is 12.6 Å². The van der Waals surface area contributed by atoms with Gasteiger partial charge in [-0.3, -0.25) is 4.90 Å². The number of benzene rings is 1. The fraction of sp³-hybridized carbons (Fsp3) is 0.611. The Kier molecular flexibility index (Phi) is 5.64. The summed E-state index contributed by atoms with van der Waals surface area (Å²) < 4.78 is 5.20. The van der Waals surface area contributed by atoms with Crippen molar-refractivity contribution in [2.24, 2.45) is 5.92 Å². The van der Waals surface area contributed by atoms with Gasteiger partial charge in [-0.25, -0.2) is 0 Å². The van der Waals surface area contributed by atoms with Crippen LogP contribution in [-0.4, -0.2) is 25.1 Å². The van der Waals surface area contributed by atoms with E-state index in [2.05, 4.69) is 31.0 Å². The molecule has 21 heavy (non-hydrogen) atoms. The van der Waals surface area contributed by atoms with Crippen LogP contribution in [0.1, 0.15) is 50.2 Å². The van der Waals surface area contributed by atoms with Gasteiger partial charge < -0.3 is 4.74 Å². The first-order chi connectivity index (χ1) is 10.2. The first-order valence-electron chi connectivity index (χ1n) is 7.95. The van der Waals surface area contributed by atoms with E-state index in [1.54, 1.807) is 7.11 Å². The summed E-state index contributed by atoms with van der Waals surface area (Å²) in [5.74, 6) is 1.59. The molecule has 1 saturated carbocycles. The van der Waals surface area contributed by atoms with Crippen LogP contribution in [0.15, 0.2) is 18.2 Å². The lowest BCUT2D eigenvalue weighted by Crippen LogP contribution is -2.34. The molecule has 0 radical (unpaired) electrons. The average molecular weight is 286 g/mol. The highest BCUT2D eigenvalue weighted by Crippen LogP contribution is 2.30. The van der Waals surface area contributed by atoms with Crippen molar-refractivity contribution in [3.05, 3.63) is 29.3 Å². The van der Waals surface area contributed by atoms with Crippen molar-refractivity contribution < 1.29 is 4.74 Å². The van der Waals surface area contributed by atoms with Gasteiger partial charge in [0.2, 0.25) is 0 Å². The summed E-state index contributed by atoms with van der Waals surface area (Å²) in [7, 11) is 3.81. The van der Waals surface area contributed by atoms with Crippen LogP contribution >= 0.6 is 0 Å². The van der Waals surface area contributed by atoms with Crippen LogP contribution in [0.25, 0.3) is 0 Å². The van der Waals surface area contributed by atoms with Crippen molar-refractivity contribution in [3.63, 3.8) is 0 Å². The van der Waals surface area contributed by atoms with Crippen molar-refractivity contribution in [2.75, 3.05) is 14.2 Å². The smallest absolute Gasteiger partial charge is 0.136 e. The third kappa shape index (κ3) is 3.98. The van der Waals surface area contributed by atoms with E-state index in [9.17, 15) is 0 Å². The minimum atomic E-state index is 0.623. The Morgan fingerprint density at radius 2 is 2.00 bits per heavy atom. The molecular formula is C18H26N2O. The molecule has 0 aromatic heterocycles. The van der Waals surface area contributed by atoms with Crippen LogP contribution in [0.3, 0.4) is 0 Å². The molecule has 1 aliphatic rings. The summed E-state index contributed by atoms with van der Waals surface area (Å²) in [5.41, 5.74) is 1.81. The molecule has 1 aromatic rings. The largest absolute Gasteiger partial charge is 0.495 e. The molecule has 0 N–H and O–H groups in total. The second kappa shape index (κ2) is 7.47. The highest BCUT2D eigenvalue weighted by atomic mass is 16.5. The molecule has 0 spiro atoms. The van der Waals surface area contributed by atoms with E-state index < -0.39 is 0 Å². The number of rotatable bonds is 5. The third-order valence-corrected chi connectivity index (χ3v) is 4.83. The van der Waals surface area contributed by atoms with Crippen LogP contribution in [0.2, 0.25) is 0 Å². The van der Waals surface area contributed by atoms with Gasteiger partial charge in [-0.05, 0) is 56.3 Å². The molecule has 0 saturated heterocycles. The molecule has 1 fully saturated rings. The van der Waals surface area contributed by atoms with E-state index in [0.717, 1.165) is 12.5 Å². The fourth-order valence-corrected chi connectivity index (χ4v) is 3.35. The minimum Gasteiger partial charge on any atom is -0.495 e.